The van der Waals surface area contributed by atoms with Gasteiger partial charge in [0.1, 0.15) is 17.2 Å². The Morgan fingerprint density at radius 1 is 1.05 bits per heavy atom. The molecule has 5 rings (SSSR count). The lowest BCUT2D eigenvalue weighted by atomic mass is 10.1. The fourth-order valence-corrected chi connectivity index (χ4v) is 4.61. The number of nitrogens with two attached hydrogens (primary N) is 1. The number of nitrogens with one attached hydrogen (secondary N) is 1. The molecule has 0 spiro atoms. The molecule has 4 aromatic rings. The van der Waals surface area contributed by atoms with Crippen LogP contribution in [0.1, 0.15) is 6.42 Å². The SMILES string of the molecule is Nc1cc(F)c(-c2nc(N3CCOCC3)c3nc(-c4cccc(NSCCCF)c4F)ccc3n2)cn1. The minimum atomic E-state index is -0.583. The molecule has 0 atom stereocenters. The summed E-state index contributed by atoms with van der Waals surface area (Å²) in [7, 11) is 0. The van der Waals surface area contributed by atoms with Crippen LogP contribution in [-0.2, 0) is 4.74 Å². The van der Waals surface area contributed by atoms with E-state index in [1.165, 1.54) is 18.1 Å². The van der Waals surface area contributed by atoms with Gasteiger partial charge in [-0.1, -0.05) is 18.0 Å². The highest BCUT2D eigenvalue weighted by atomic mass is 32.2. The fraction of sp³-hybridized carbons (Fsp3) is 0.280. The molecule has 0 amide bonds. The number of benzene rings is 1. The maximum atomic E-state index is 15.4. The molecule has 1 aliphatic rings. The minimum Gasteiger partial charge on any atom is -0.384 e. The molecule has 1 saturated heterocycles. The fourth-order valence-electron chi connectivity index (χ4n) is 3.94. The number of hydrogen-bond donors (Lipinski definition) is 2. The lowest BCUT2D eigenvalue weighted by molar-refractivity contribution is 0.122. The summed E-state index contributed by atoms with van der Waals surface area (Å²) in [4.78, 5) is 19.9. The number of hydrogen-bond acceptors (Lipinski definition) is 9. The second-order valence-corrected chi connectivity index (χ2v) is 9.18. The molecule has 3 aromatic heterocycles. The van der Waals surface area contributed by atoms with Gasteiger partial charge in [0.05, 0.1) is 42.3 Å². The van der Waals surface area contributed by atoms with Crippen molar-refractivity contribution in [3.05, 3.63) is 54.2 Å². The number of alkyl halides is 1. The van der Waals surface area contributed by atoms with Gasteiger partial charge < -0.3 is 20.1 Å². The summed E-state index contributed by atoms with van der Waals surface area (Å²) < 4.78 is 50.9. The van der Waals surface area contributed by atoms with Gasteiger partial charge in [0.25, 0.3) is 0 Å². The molecule has 0 saturated carbocycles. The lowest BCUT2D eigenvalue weighted by Crippen LogP contribution is -2.37. The largest absolute Gasteiger partial charge is 0.384 e. The zero-order valence-corrected chi connectivity index (χ0v) is 20.6. The molecule has 0 unspecified atom stereocenters. The van der Waals surface area contributed by atoms with Gasteiger partial charge in [-0.2, -0.15) is 0 Å². The van der Waals surface area contributed by atoms with Crippen molar-refractivity contribution in [3.63, 3.8) is 0 Å². The Balaban J connectivity index is 1.59. The second-order valence-electron chi connectivity index (χ2n) is 8.28. The zero-order valence-electron chi connectivity index (χ0n) is 19.8. The van der Waals surface area contributed by atoms with Crippen molar-refractivity contribution >= 4 is 40.3 Å². The van der Waals surface area contributed by atoms with Crippen LogP contribution >= 0.6 is 11.9 Å². The van der Waals surface area contributed by atoms with E-state index in [-0.39, 0.29) is 22.9 Å². The van der Waals surface area contributed by atoms with Gasteiger partial charge in [-0.25, -0.2) is 28.7 Å². The summed E-state index contributed by atoms with van der Waals surface area (Å²) >= 11 is 1.24. The molecular formula is C25H24F3N7OS. The number of anilines is 3. The van der Waals surface area contributed by atoms with Crippen molar-refractivity contribution in [3.8, 4) is 22.6 Å². The molecule has 37 heavy (non-hydrogen) atoms. The van der Waals surface area contributed by atoms with Gasteiger partial charge in [0.2, 0.25) is 0 Å². The number of nitrogen functional groups attached to an aromatic ring is 1. The average molecular weight is 528 g/mol. The van der Waals surface area contributed by atoms with Crippen LogP contribution in [0.3, 0.4) is 0 Å². The highest BCUT2D eigenvalue weighted by Crippen LogP contribution is 2.33. The van der Waals surface area contributed by atoms with Crippen LogP contribution in [0.15, 0.2) is 42.6 Å². The third kappa shape index (κ3) is 5.39. The van der Waals surface area contributed by atoms with E-state index in [1.807, 2.05) is 4.90 Å². The monoisotopic (exact) mass is 527 g/mol. The summed E-state index contributed by atoms with van der Waals surface area (Å²) in [6.07, 6.45) is 1.68. The third-order valence-corrected chi connectivity index (χ3v) is 6.64. The van der Waals surface area contributed by atoms with Crippen LogP contribution in [0.25, 0.3) is 33.7 Å². The number of fused-ring (bicyclic) bond motifs is 1. The molecule has 0 radical (unpaired) electrons. The predicted octanol–water partition coefficient (Wildman–Crippen LogP) is 4.87. The van der Waals surface area contributed by atoms with Gasteiger partial charge in [-0.15, -0.1) is 0 Å². The molecule has 1 aliphatic heterocycles. The Kier molecular flexibility index (Phi) is 7.56. The summed E-state index contributed by atoms with van der Waals surface area (Å²) in [5, 5.41) is 0. The maximum Gasteiger partial charge on any atom is 0.166 e. The zero-order chi connectivity index (χ0) is 25.8. The quantitative estimate of drug-likeness (QED) is 0.245. The topological polar surface area (TPSA) is 102 Å². The van der Waals surface area contributed by atoms with E-state index < -0.39 is 18.3 Å². The molecule has 192 valence electrons. The lowest BCUT2D eigenvalue weighted by Gasteiger charge is -2.28. The first-order valence-electron chi connectivity index (χ1n) is 11.7. The van der Waals surface area contributed by atoms with Crippen LogP contribution in [0, 0.1) is 11.6 Å². The Morgan fingerprint density at radius 3 is 2.68 bits per heavy atom. The predicted molar refractivity (Wildman–Crippen MR) is 140 cm³/mol. The van der Waals surface area contributed by atoms with Gasteiger partial charge in [0, 0.05) is 36.7 Å². The third-order valence-electron chi connectivity index (χ3n) is 5.79. The normalized spacial score (nSPS) is 13.8. The number of morpholine rings is 1. The summed E-state index contributed by atoms with van der Waals surface area (Å²) in [5.41, 5.74) is 7.63. The summed E-state index contributed by atoms with van der Waals surface area (Å²) in [6, 6.07) is 9.48. The molecule has 8 nitrogen and oxygen atoms in total. The number of pyridine rings is 2. The Labute approximate surface area is 215 Å². The Morgan fingerprint density at radius 2 is 1.89 bits per heavy atom. The summed E-state index contributed by atoms with van der Waals surface area (Å²) in [5.74, 6) is 0.166. The van der Waals surface area contributed by atoms with E-state index in [0.29, 0.717) is 66.6 Å². The van der Waals surface area contributed by atoms with Crippen LogP contribution in [0.2, 0.25) is 0 Å². The van der Waals surface area contributed by atoms with Crippen molar-refractivity contribution in [2.75, 3.05) is 54.1 Å². The standard InChI is InChI=1S/C25H24F3N7OS/c26-7-2-12-37-34-19-4-1-3-15(22(19)28)18-5-6-20-23(31-18)25(35-8-10-36-11-9-35)33-24(32-20)16-14-30-21(29)13-17(16)27/h1,3-6,13-14,34H,2,7-12H2,(H2,29,30). The Hall–Kier alpha value is -3.64. The van der Waals surface area contributed by atoms with Gasteiger partial charge in [-0.3, -0.25) is 4.39 Å². The smallest absolute Gasteiger partial charge is 0.166 e. The van der Waals surface area contributed by atoms with Crippen molar-refractivity contribution in [1.82, 2.24) is 19.9 Å². The van der Waals surface area contributed by atoms with Crippen LogP contribution < -0.4 is 15.4 Å². The van der Waals surface area contributed by atoms with Crippen LogP contribution in [-0.4, -0.2) is 58.7 Å². The van der Waals surface area contributed by atoms with Gasteiger partial charge in [0.15, 0.2) is 17.5 Å². The van der Waals surface area contributed by atoms with Crippen molar-refractivity contribution in [2.45, 2.75) is 6.42 Å². The molecule has 0 bridgehead atoms. The van der Waals surface area contributed by atoms with E-state index >= 15 is 4.39 Å². The first-order chi connectivity index (χ1) is 18.0. The van der Waals surface area contributed by atoms with E-state index in [9.17, 15) is 8.78 Å². The second kappa shape index (κ2) is 11.2. The van der Waals surface area contributed by atoms with Crippen LogP contribution in [0.5, 0.6) is 0 Å². The summed E-state index contributed by atoms with van der Waals surface area (Å²) in [6.45, 7) is 1.70. The molecule has 1 fully saturated rings. The number of ether oxygens (including phenoxy) is 1. The number of aromatic nitrogens is 4. The number of nitrogens with zero attached hydrogens (tertiary/aromatic N) is 5. The Bertz CT molecular complexity index is 1420. The van der Waals surface area contributed by atoms with Crippen molar-refractivity contribution < 1.29 is 17.9 Å². The molecule has 3 N–H and O–H groups in total. The van der Waals surface area contributed by atoms with Crippen LogP contribution in [0.4, 0.5) is 30.5 Å². The minimum absolute atomic E-state index is 0.0568. The van der Waals surface area contributed by atoms with E-state index in [1.54, 1.807) is 30.3 Å². The molecule has 4 heterocycles. The average Bonchev–Trinajstić information content (AvgIpc) is 2.91. The number of halogens is 3. The molecular weight excluding hydrogens is 503 g/mol. The highest BCUT2D eigenvalue weighted by molar-refractivity contribution is 8.00. The highest BCUT2D eigenvalue weighted by Gasteiger charge is 2.22. The molecule has 12 heteroatoms. The maximum absolute atomic E-state index is 15.4. The molecule has 0 aliphatic carbocycles. The van der Waals surface area contributed by atoms with Crippen molar-refractivity contribution in [1.29, 1.82) is 0 Å². The van der Waals surface area contributed by atoms with Gasteiger partial charge >= 0.3 is 0 Å². The first kappa shape index (κ1) is 25.0. The van der Waals surface area contributed by atoms with E-state index in [2.05, 4.69) is 19.7 Å². The van der Waals surface area contributed by atoms with Crippen molar-refractivity contribution in [2.24, 2.45) is 0 Å². The molecule has 1 aromatic carbocycles. The van der Waals surface area contributed by atoms with E-state index in [0.717, 1.165) is 6.07 Å². The van der Waals surface area contributed by atoms with Gasteiger partial charge in [-0.05, 0) is 30.7 Å². The number of rotatable bonds is 8. The first-order valence-corrected chi connectivity index (χ1v) is 12.7. The van der Waals surface area contributed by atoms with E-state index in [4.69, 9.17) is 15.5 Å².